The second-order valence-electron chi connectivity index (χ2n) is 7.20. The molecule has 3 rings (SSSR count). The third kappa shape index (κ3) is 5.05. The van der Waals surface area contributed by atoms with Gasteiger partial charge in [-0.3, -0.25) is 9.79 Å². The lowest BCUT2D eigenvalue weighted by Gasteiger charge is -2.25. The van der Waals surface area contributed by atoms with E-state index in [0.717, 1.165) is 37.1 Å². The van der Waals surface area contributed by atoms with Gasteiger partial charge in [0.15, 0.2) is 5.69 Å². The van der Waals surface area contributed by atoms with Crippen molar-refractivity contribution >= 4 is 41.4 Å². The molecule has 2 heterocycles. The summed E-state index contributed by atoms with van der Waals surface area (Å²) in [7, 11) is 7.26. The number of nitrogens with one attached hydrogen (secondary N) is 1. The molecule has 0 bridgehead atoms. The van der Waals surface area contributed by atoms with Gasteiger partial charge in [-0.25, -0.2) is 9.37 Å². The number of hydrogen-bond acceptors (Lipinski definition) is 7. The monoisotopic (exact) mass is 441 g/mol. The Morgan fingerprint density at radius 2 is 2.19 bits per heavy atom. The number of carbonyl (C=O) groups is 1. The number of amidine groups is 1. The molecule has 0 aliphatic carbocycles. The first-order valence-corrected chi connectivity index (χ1v) is 10.7. The van der Waals surface area contributed by atoms with Crippen LogP contribution >= 0.6 is 11.3 Å². The number of halogens is 1. The fraction of sp³-hybridized carbons (Fsp3) is 0.350. The van der Waals surface area contributed by atoms with Crippen LogP contribution in [0.25, 0.3) is 10.6 Å². The second kappa shape index (κ2) is 9.93. The van der Waals surface area contributed by atoms with Crippen LogP contribution in [0, 0.1) is 5.82 Å². The molecule has 0 saturated carbocycles. The first-order valence-electron chi connectivity index (χ1n) is 9.87. The van der Waals surface area contributed by atoms with Crippen LogP contribution in [0.2, 0.25) is 0 Å². The fourth-order valence-electron chi connectivity index (χ4n) is 3.44. The zero-order chi connectivity index (χ0) is 22.5. The topological polar surface area (TPSA) is 136 Å². The minimum atomic E-state index is -0.606. The number of carbonyl (C=O) groups excluding carboxylic acids is 1. The summed E-state index contributed by atoms with van der Waals surface area (Å²) in [6.45, 7) is 1.46. The van der Waals surface area contributed by atoms with Crippen molar-refractivity contribution < 1.29 is 9.18 Å². The molecule has 2 radical (unpaired) electrons. The molecule has 1 aliphatic rings. The molecule has 8 nitrogen and oxygen atoms in total. The number of anilines is 1. The summed E-state index contributed by atoms with van der Waals surface area (Å²) >= 11 is 1.00. The predicted molar refractivity (Wildman–Crippen MR) is 124 cm³/mol. The van der Waals surface area contributed by atoms with Crippen LogP contribution in [0.5, 0.6) is 0 Å². The van der Waals surface area contributed by atoms with E-state index in [-0.39, 0.29) is 32.8 Å². The average Bonchev–Trinajstić information content (AvgIpc) is 3.01. The van der Waals surface area contributed by atoms with Crippen molar-refractivity contribution in [2.75, 3.05) is 25.9 Å². The predicted octanol–water partition coefficient (Wildman–Crippen LogP) is 0.697. The SMILES string of the molecule is [B]c1cccc(-c2nc(C(=O)NC(=CN)C(=NC)N3CCC[C@@H](N)CC3)c(N)s2)c1F. The van der Waals surface area contributed by atoms with Crippen molar-refractivity contribution in [3.8, 4) is 10.6 Å². The molecule has 1 atom stereocenters. The first-order chi connectivity index (χ1) is 14.8. The Morgan fingerprint density at radius 3 is 2.90 bits per heavy atom. The highest BCUT2D eigenvalue weighted by atomic mass is 32.1. The van der Waals surface area contributed by atoms with Crippen molar-refractivity contribution in [1.82, 2.24) is 15.2 Å². The summed E-state index contributed by atoms with van der Waals surface area (Å²) in [6.07, 6.45) is 3.95. The molecule has 1 aromatic heterocycles. The van der Waals surface area contributed by atoms with E-state index < -0.39 is 11.7 Å². The number of thiazole rings is 1. The van der Waals surface area contributed by atoms with Gasteiger partial charge in [-0.15, -0.1) is 0 Å². The normalized spacial score (nSPS) is 18.0. The van der Waals surface area contributed by atoms with Gasteiger partial charge in [0.2, 0.25) is 0 Å². The third-order valence-electron chi connectivity index (χ3n) is 5.07. The van der Waals surface area contributed by atoms with E-state index in [1.54, 1.807) is 13.1 Å². The van der Waals surface area contributed by atoms with Gasteiger partial charge in [0, 0.05) is 37.9 Å². The summed E-state index contributed by atoms with van der Waals surface area (Å²) in [6, 6.07) is 4.73. The molecule has 162 valence electrons. The zero-order valence-electron chi connectivity index (χ0n) is 17.3. The molecular formula is C20H25BFN7OS. The molecule has 7 N–H and O–H groups in total. The molecular weight excluding hydrogens is 416 g/mol. The van der Waals surface area contributed by atoms with Gasteiger partial charge in [0.25, 0.3) is 5.91 Å². The quantitative estimate of drug-likeness (QED) is 0.313. The summed E-state index contributed by atoms with van der Waals surface area (Å²) in [4.78, 5) is 23.5. The molecule has 1 saturated heterocycles. The number of aromatic nitrogens is 1. The van der Waals surface area contributed by atoms with E-state index in [4.69, 9.17) is 25.0 Å². The van der Waals surface area contributed by atoms with Crippen molar-refractivity contribution in [2.24, 2.45) is 16.5 Å². The molecule has 31 heavy (non-hydrogen) atoms. The number of nitrogen functional groups attached to an aromatic ring is 1. The van der Waals surface area contributed by atoms with Gasteiger partial charge in [0.1, 0.15) is 29.5 Å². The Labute approximate surface area is 185 Å². The minimum absolute atomic E-state index is 0.00779. The Bertz CT molecular complexity index is 1020. The number of benzene rings is 1. The largest absolute Gasteiger partial charge is 0.403 e. The van der Waals surface area contributed by atoms with E-state index in [1.807, 2.05) is 4.90 Å². The summed E-state index contributed by atoms with van der Waals surface area (Å²) in [5.41, 5.74) is 18.4. The third-order valence-corrected chi connectivity index (χ3v) is 5.99. The highest BCUT2D eigenvalue weighted by Gasteiger charge is 2.24. The number of amides is 1. The van der Waals surface area contributed by atoms with Gasteiger partial charge in [-0.2, -0.15) is 0 Å². The molecule has 0 spiro atoms. The lowest BCUT2D eigenvalue weighted by Crippen LogP contribution is -2.40. The average molecular weight is 441 g/mol. The van der Waals surface area contributed by atoms with Crippen LogP contribution in [0.1, 0.15) is 29.8 Å². The number of nitrogens with zero attached hydrogens (tertiary/aromatic N) is 3. The van der Waals surface area contributed by atoms with E-state index in [9.17, 15) is 9.18 Å². The van der Waals surface area contributed by atoms with Crippen LogP contribution in [-0.2, 0) is 0 Å². The molecule has 1 fully saturated rings. The van der Waals surface area contributed by atoms with Gasteiger partial charge < -0.3 is 27.4 Å². The van der Waals surface area contributed by atoms with Gasteiger partial charge in [-0.05, 0) is 25.3 Å². The Morgan fingerprint density at radius 1 is 1.42 bits per heavy atom. The first kappa shape index (κ1) is 22.8. The van der Waals surface area contributed by atoms with E-state index in [2.05, 4.69) is 15.3 Å². The maximum atomic E-state index is 14.4. The van der Waals surface area contributed by atoms with Crippen LogP contribution < -0.4 is 28.0 Å². The molecule has 2 aromatic rings. The van der Waals surface area contributed by atoms with Gasteiger partial charge in [-0.1, -0.05) is 28.9 Å². The van der Waals surface area contributed by atoms with Gasteiger partial charge >= 0.3 is 0 Å². The maximum absolute atomic E-state index is 14.4. The van der Waals surface area contributed by atoms with Crippen molar-refractivity contribution in [3.05, 3.63) is 41.6 Å². The minimum Gasteiger partial charge on any atom is -0.403 e. The van der Waals surface area contributed by atoms with E-state index in [1.165, 1.54) is 18.3 Å². The molecule has 11 heteroatoms. The molecule has 1 aromatic carbocycles. The summed E-state index contributed by atoms with van der Waals surface area (Å²) in [5.74, 6) is -0.611. The van der Waals surface area contributed by atoms with E-state index in [0.29, 0.717) is 18.1 Å². The number of aliphatic imine (C=N–C) groups is 1. The number of rotatable bonds is 4. The highest BCUT2D eigenvalue weighted by Crippen LogP contribution is 2.31. The van der Waals surface area contributed by atoms with Crippen molar-refractivity contribution in [1.29, 1.82) is 0 Å². The highest BCUT2D eigenvalue weighted by molar-refractivity contribution is 7.19. The van der Waals surface area contributed by atoms with Crippen LogP contribution in [0.4, 0.5) is 9.39 Å². The number of hydrogen-bond donors (Lipinski definition) is 4. The lowest BCUT2D eigenvalue weighted by molar-refractivity contribution is 0.0964. The fourth-order valence-corrected chi connectivity index (χ4v) is 4.29. The molecule has 1 amide bonds. The van der Waals surface area contributed by atoms with E-state index >= 15 is 0 Å². The summed E-state index contributed by atoms with van der Waals surface area (Å²) < 4.78 is 14.4. The van der Waals surface area contributed by atoms with Crippen molar-refractivity contribution in [2.45, 2.75) is 25.3 Å². The molecule has 1 aliphatic heterocycles. The standard InChI is InChI=1S/C20H25BFN7OS/c1-26-18(29-8-3-4-11(24)7-9-29)14(10-23)27-19(30)16-17(25)31-20(28-16)12-5-2-6-13(21)15(12)22/h2,5-6,10-11H,3-4,7-9,23-25H2,1H3,(H,27,30)/t11-/m1/s1. The number of nitrogens with two attached hydrogens (primary N) is 3. The second-order valence-corrected chi connectivity index (χ2v) is 8.23. The van der Waals surface area contributed by atoms with Crippen LogP contribution in [0.3, 0.4) is 0 Å². The lowest BCUT2D eigenvalue weighted by atomic mass is 9.93. The smallest absolute Gasteiger partial charge is 0.277 e. The Balaban J connectivity index is 1.81. The zero-order valence-corrected chi connectivity index (χ0v) is 18.1. The Kier molecular flexibility index (Phi) is 7.29. The van der Waals surface area contributed by atoms with Crippen LogP contribution in [-0.4, -0.2) is 55.7 Å². The van der Waals surface area contributed by atoms with Crippen molar-refractivity contribution in [3.63, 3.8) is 0 Å². The Hall–Kier alpha value is -2.92. The maximum Gasteiger partial charge on any atom is 0.277 e. The van der Waals surface area contributed by atoms with Gasteiger partial charge in [0.05, 0.1) is 5.70 Å². The van der Waals surface area contributed by atoms with Crippen LogP contribution in [0.15, 0.2) is 35.1 Å². The number of likely N-dealkylation sites (tertiary alicyclic amines) is 1. The molecule has 0 unspecified atom stereocenters. The summed E-state index contributed by atoms with van der Waals surface area (Å²) in [5, 5.41) is 3.15.